The van der Waals surface area contributed by atoms with E-state index in [-0.39, 0.29) is 5.54 Å². The zero-order valence-corrected chi connectivity index (χ0v) is 9.42. The molecule has 1 N–H and O–H groups in total. The molecule has 1 unspecified atom stereocenters. The van der Waals surface area contributed by atoms with Gasteiger partial charge in [-0.15, -0.1) is 0 Å². The van der Waals surface area contributed by atoms with Gasteiger partial charge in [0, 0.05) is 18.1 Å². The zero-order valence-electron chi connectivity index (χ0n) is 9.42. The van der Waals surface area contributed by atoms with Gasteiger partial charge in [-0.3, -0.25) is 4.90 Å². The molecule has 1 fully saturated rings. The first-order valence-corrected chi connectivity index (χ1v) is 5.32. The van der Waals surface area contributed by atoms with Gasteiger partial charge in [-0.1, -0.05) is 0 Å². The Labute approximate surface area is 87.5 Å². The van der Waals surface area contributed by atoms with Crippen molar-refractivity contribution in [3.8, 4) is 0 Å². The monoisotopic (exact) mass is 195 g/mol. The minimum Gasteiger partial charge on any atom is -0.350 e. The predicted octanol–water partition coefficient (Wildman–Crippen LogP) is 0.648. The average molecular weight is 195 g/mol. The third-order valence-electron chi connectivity index (χ3n) is 2.77. The number of hydrogen-bond acceptors (Lipinski definition) is 3. The highest BCUT2D eigenvalue weighted by atomic mass is 16.1. The van der Waals surface area contributed by atoms with Gasteiger partial charge >= 0.3 is 0 Å². The highest BCUT2D eigenvalue weighted by molar-refractivity contribution is 6.64. The van der Waals surface area contributed by atoms with Crippen LogP contribution >= 0.6 is 0 Å². The summed E-state index contributed by atoms with van der Waals surface area (Å²) in [4.78, 5) is 12.7. The van der Waals surface area contributed by atoms with Gasteiger partial charge in [0.2, 0.25) is 0 Å². The standard InChI is InChI=1S/C10H20BN2O/c1-10(2,3)13-6-4-5-9(7-13)12-11-8-14/h8-9,12H,4-7H2,1-3H3. The summed E-state index contributed by atoms with van der Waals surface area (Å²) in [6, 6.07) is 0.438. The van der Waals surface area contributed by atoms with Crippen molar-refractivity contribution < 1.29 is 4.79 Å². The molecule has 1 aliphatic rings. The molecule has 0 bridgehead atoms. The Morgan fingerprint density at radius 1 is 1.50 bits per heavy atom. The molecule has 14 heavy (non-hydrogen) atoms. The van der Waals surface area contributed by atoms with Gasteiger partial charge in [0.05, 0.1) is 6.19 Å². The number of carbonyl (C=O) groups excluding carboxylic acids is 1. The van der Waals surface area contributed by atoms with Crippen molar-refractivity contribution in [1.29, 1.82) is 0 Å². The summed E-state index contributed by atoms with van der Waals surface area (Å²) in [6.07, 6.45) is 3.19. The van der Waals surface area contributed by atoms with Crippen molar-refractivity contribution in [2.45, 2.75) is 45.2 Å². The van der Waals surface area contributed by atoms with Crippen molar-refractivity contribution in [2.75, 3.05) is 13.1 Å². The van der Waals surface area contributed by atoms with Crippen LogP contribution in [0.1, 0.15) is 33.6 Å². The molecule has 4 heteroatoms. The Bertz CT molecular complexity index is 191. The van der Waals surface area contributed by atoms with E-state index in [0.29, 0.717) is 6.04 Å². The predicted molar refractivity (Wildman–Crippen MR) is 60.0 cm³/mol. The molecule has 1 heterocycles. The molecule has 1 saturated heterocycles. The fourth-order valence-corrected chi connectivity index (χ4v) is 1.90. The number of rotatable bonds is 3. The fraction of sp³-hybridized carbons (Fsp3) is 0.900. The van der Waals surface area contributed by atoms with Crippen molar-refractivity contribution in [1.82, 2.24) is 10.1 Å². The summed E-state index contributed by atoms with van der Waals surface area (Å²) in [5.41, 5.74) is 0.238. The number of likely N-dealkylation sites (tertiary alicyclic amines) is 1. The van der Waals surface area contributed by atoms with Crippen molar-refractivity contribution in [2.24, 2.45) is 0 Å². The Morgan fingerprint density at radius 2 is 2.21 bits per heavy atom. The van der Waals surface area contributed by atoms with E-state index in [1.54, 1.807) is 0 Å². The lowest BCUT2D eigenvalue weighted by atomic mass is 9.92. The van der Waals surface area contributed by atoms with Crippen LogP contribution in [0.4, 0.5) is 0 Å². The van der Waals surface area contributed by atoms with Gasteiger partial charge in [0.15, 0.2) is 0 Å². The van der Waals surface area contributed by atoms with Crippen LogP contribution in [0.15, 0.2) is 0 Å². The van der Waals surface area contributed by atoms with Crippen LogP contribution in [0, 0.1) is 0 Å². The molecular formula is C10H20BN2O. The maximum absolute atomic E-state index is 10.2. The molecule has 0 aromatic heterocycles. The third kappa shape index (κ3) is 3.43. The summed E-state index contributed by atoms with van der Waals surface area (Å²) in [6.45, 7) is 8.91. The van der Waals surface area contributed by atoms with Crippen LogP contribution in [0.2, 0.25) is 0 Å². The molecular weight excluding hydrogens is 175 g/mol. The molecule has 0 saturated carbocycles. The van der Waals surface area contributed by atoms with Gasteiger partial charge in [-0.2, -0.15) is 0 Å². The van der Waals surface area contributed by atoms with E-state index in [9.17, 15) is 4.79 Å². The molecule has 0 aromatic rings. The van der Waals surface area contributed by atoms with Gasteiger partial charge in [-0.05, 0) is 40.2 Å². The van der Waals surface area contributed by atoms with Crippen LogP contribution in [-0.4, -0.2) is 43.2 Å². The number of hydrogen-bond donors (Lipinski definition) is 1. The van der Waals surface area contributed by atoms with E-state index in [1.165, 1.54) is 20.4 Å². The van der Waals surface area contributed by atoms with Crippen molar-refractivity contribution in [3.05, 3.63) is 0 Å². The summed E-state index contributed by atoms with van der Waals surface area (Å²) in [5, 5.41) is 3.14. The number of nitrogens with zero attached hydrogens (tertiary/aromatic N) is 1. The molecule has 79 valence electrons. The van der Waals surface area contributed by atoms with Gasteiger partial charge in [0.1, 0.15) is 0 Å². The van der Waals surface area contributed by atoms with Crippen LogP contribution in [0.25, 0.3) is 0 Å². The highest BCUT2D eigenvalue weighted by Gasteiger charge is 2.27. The molecule has 1 rings (SSSR count). The molecule has 3 nitrogen and oxygen atoms in total. The largest absolute Gasteiger partial charge is 0.350 e. The highest BCUT2D eigenvalue weighted by Crippen LogP contribution is 2.19. The maximum atomic E-state index is 10.2. The van der Waals surface area contributed by atoms with E-state index in [1.807, 2.05) is 0 Å². The summed E-state index contributed by atoms with van der Waals surface area (Å²) < 4.78 is 0. The van der Waals surface area contributed by atoms with Crippen LogP contribution in [0.3, 0.4) is 0 Å². The smallest absolute Gasteiger partial charge is 0.290 e. The van der Waals surface area contributed by atoms with Crippen molar-refractivity contribution in [3.63, 3.8) is 0 Å². The van der Waals surface area contributed by atoms with Gasteiger partial charge in [-0.25, -0.2) is 0 Å². The van der Waals surface area contributed by atoms with Crippen LogP contribution in [0.5, 0.6) is 0 Å². The average Bonchev–Trinajstić information content (AvgIpc) is 2.14. The Kier molecular flexibility index (Phi) is 4.14. The Balaban J connectivity index is 2.39. The molecule has 1 radical (unpaired) electrons. The normalized spacial score (nSPS) is 24.6. The Morgan fingerprint density at radius 3 is 2.79 bits per heavy atom. The number of carbonyl (C=O) groups is 1. The molecule has 0 amide bonds. The minimum atomic E-state index is 0.238. The molecule has 0 aromatic carbocycles. The lowest BCUT2D eigenvalue weighted by molar-refractivity contribution is 0.0962. The zero-order chi connectivity index (χ0) is 10.6. The van der Waals surface area contributed by atoms with E-state index in [2.05, 4.69) is 30.9 Å². The lowest BCUT2D eigenvalue weighted by Gasteiger charge is -2.41. The quantitative estimate of drug-likeness (QED) is 0.530. The first kappa shape index (κ1) is 11.7. The minimum absolute atomic E-state index is 0.238. The fourth-order valence-electron chi connectivity index (χ4n) is 1.90. The maximum Gasteiger partial charge on any atom is 0.290 e. The molecule has 1 aliphatic heterocycles. The first-order valence-electron chi connectivity index (χ1n) is 5.32. The van der Waals surface area contributed by atoms with E-state index in [4.69, 9.17) is 0 Å². The van der Waals surface area contributed by atoms with E-state index >= 15 is 0 Å². The number of piperidine rings is 1. The second-order valence-electron chi connectivity index (χ2n) is 4.93. The SMILES string of the molecule is CC(C)(C)N1CCCC(N[B]C=O)C1. The second kappa shape index (κ2) is 4.94. The molecule has 0 aliphatic carbocycles. The van der Waals surface area contributed by atoms with E-state index < -0.39 is 0 Å². The molecule has 0 spiro atoms. The molecule has 1 atom stereocenters. The lowest BCUT2D eigenvalue weighted by Crippen LogP contribution is -2.53. The summed E-state index contributed by atoms with van der Waals surface area (Å²) in [7, 11) is 1.51. The van der Waals surface area contributed by atoms with Crippen LogP contribution < -0.4 is 5.23 Å². The van der Waals surface area contributed by atoms with Crippen LogP contribution in [-0.2, 0) is 4.79 Å². The van der Waals surface area contributed by atoms with Crippen molar-refractivity contribution >= 4 is 13.6 Å². The van der Waals surface area contributed by atoms with Gasteiger partial charge in [0.25, 0.3) is 7.41 Å². The first-order chi connectivity index (χ1) is 6.54. The third-order valence-corrected chi connectivity index (χ3v) is 2.77. The Hall–Kier alpha value is -0.345. The second-order valence-corrected chi connectivity index (χ2v) is 4.93. The summed E-state index contributed by atoms with van der Waals surface area (Å²) >= 11 is 0. The summed E-state index contributed by atoms with van der Waals surface area (Å²) in [5.74, 6) is 0. The topological polar surface area (TPSA) is 32.3 Å². The van der Waals surface area contributed by atoms with Gasteiger partial charge < -0.3 is 10.0 Å². The van der Waals surface area contributed by atoms with E-state index in [0.717, 1.165) is 19.2 Å². The number of nitrogens with one attached hydrogen (secondary N) is 1.